The number of benzene rings is 1. The second-order valence-corrected chi connectivity index (χ2v) is 3.13. The third kappa shape index (κ3) is 2.63. The van der Waals surface area contributed by atoms with E-state index in [-0.39, 0.29) is 10.6 Å². The molecule has 0 aliphatic heterocycles. The maximum atomic E-state index is 12.9. The minimum absolute atomic E-state index is 0.126. The molecule has 7 heteroatoms. The van der Waals surface area contributed by atoms with Crippen molar-refractivity contribution in [2.45, 2.75) is 6.42 Å². The summed E-state index contributed by atoms with van der Waals surface area (Å²) in [5.74, 6) is -2.20. The molecule has 5 nitrogen and oxygen atoms in total. The molecule has 0 spiro atoms. The van der Waals surface area contributed by atoms with E-state index in [9.17, 15) is 19.3 Å². The summed E-state index contributed by atoms with van der Waals surface area (Å²) in [6.45, 7) is 0. The molecule has 80 valence electrons. The van der Waals surface area contributed by atoms with Crippen LogP contribution in [0.3, 0.4) is 0 Å². The number of nitro benzene ring substituents is 1. The minimum Gasteiger partial charge on any atom is -0.481 e. The maximum Gasteiger partial charge on any atom is 0.308 e. The first-order valence-electron chi connectivity index (χ1n) is 3.76. The average Bonchev–Trinajstić information content (AvgIpc) is 2.09. The fourth-order valence-electron chi connectivity index (χ4n) is 1.05. The highest BCUT2D eigenvalue weighted by Gasteiger charge is 2.19. The third-order valence-electron chi connectivity index (χ3n) is 1.66. The Balaban J connectivity index is 3.28. The summed E-state index contributed by atoms with van der Waals surface area (Å²) in [4.78, 5) is 20.0. The zero-order valence-corrected chi connectivity index (χ0v) is 7.99. The molecule has 0 heterocycles. The summed E-state index contributed by atoms with van der Waals surface area (Å²) in [5, 5.41) is 18.6. The van der Waals surface area contributed by atoms with Gasteiger partial charge in [-0.2, -0.15) is 0 Å². The lowest BCUT2D eigenvalue weighted by atomic mass is 10.1. The minimum atomic E-state index is -1.25. The number of carboxylic acids is 1. The largest absolute Gasteiger partial charge is 0.481 e. The number of carboxylic acid groups (broad SMARTS) is 1. The predicted octanol–water partition coefficient (Wildman–Crippen LogP) is 2.01. The monoisotopic (exact) mass is 233 g/mol. The van der Waals surface area contributed by atoms with Gasteiger partial charge < -0.3 is 5.11 Å². The highest BCUT2D eigenvalue weighted by atomic mass is 35.5. The first-order chi connectivity index (χ1) is 6.91. The number of hydrogen-bond acceptors (Lipinski definition) is 3. The summed E-state index contributed by atoms with van der Waals surface area (Å²) in [7, 11) is 0. The molecule has 0 bridgehead atoms. The van der Waals surface area contributed by atoms with Gasteiger partial charge in [0.25, 0.3) is 5.69 Å². The number of halogens is 2. The lowest BCUT2D eigenvalue weighted by Gasteiger charge is -2.01. The molecule has 0 fully saturated rings. The van der Waals surface area contributed by atoms with E-state index in [0.29, 0.717) is 6.07 Å². The third-order valence-corrected chi connectivity index (χ3v) is 1.95. The summed E-state index contributed by atoms with van der Waals surface area (Å²) < 4.78 is 12.9. The molecule has 0 aromatic heterocycles. The molecule has 0 saturated heterocycles. The maximum absolute atomic E-state index is 12.9. The van der Waals surface area contributed by atoms with E-state index in [1.54, 1.807) is 0 Å². The molecule has 0 amide bonds. The van der Waals surface area contributed by atoms with Crippen molar-refractivity contribution >= 4 is 23.3 Å². The van der Waals surface area contributed by atoms with Crippen LogP contribution in [0.1, 0.15) is 5.56 Å². The molecule has 1 N–H and O–H groups in total. The molecule has 1 aromatic rings. The molecule has 0 aliphatic rings. The number of nitro groups is 1. The van der Waals surface area contributed by atoms with E-state index in [0.717, 1.165) is 6.07 Å². The lowest BCUT2D eigenvalue weighted by Crippen LogP contribution is -2.04. The van der Waals surface area contributed by atoms with Gasteiger partial charge in [-0.05, 0) is 6.07 Å². The van der Waals surface area contributed by atoms with Crippen molar-refractivity contribution in [3.8, 4) is 0 Å². The van der Waals surface area contributed by atoms with Crippen molar-refractivity contribution in [3.05, 3.63) is 38.7 Å². The molecule has 0 saturated carbocycles. The van der Waals surface area contributed by atoms with Crippen LogP contribution in [-0.2, 0) is 11.2 Å². The van der Waals surface area contributed by atoms with E-state index < -0.39 is 28.8 Å². The average molecular weight is 234 g/mol. The molecule has 0 radical (unpaired) electrons. The van der Waals surface area contributed by atoms with Crippen LogP contribution in [0, 0.1) is 15.9 Å². The number of rotatable bonds is 3. The molecule has 1 rings (SSSR count). The van der Waals surface area contributed by atoms with E-state index in [4.69, 9.17) is 16.7 Å². The Morgan fingerprint density at radius 3 is 2.67 bits per heavy atom. The zero-order chi connectivity index (χ0) is 11.6. The van der Waals surface area contributed by atoms with Crippen LogP contribution in [0.15, 0.2) is 12.1 Å². The molecule has 0 unspecified atom stereocenters. The highest BCUT2D eigenvalue weighted by Crippen LogP contribution is 2.26. The summed E-state index contributed by atoms with van der Waals surface area (Å²) in [6, 6.07) is 1.56. The van der Waals surface area contributed by atoms with Crippen molar-refractivity contribution in [2.24, 2.45) is 0 Å². The Kier molecular flexibility index (Phi) is 3.21. The Labute approximate surface area is 88.2 Å². The van der Waals surface area contributed by atoms with Gasteiger partial charge >= 0.3 is 5.97 Å². The highest BCUT2D eigenvalue weighted by molar-refractivity contribution is 6.30. The SMILES string of the molecule is O=C(O)Cc1cc(Cl)c(F)cc1[N+](=O)[O-]. The second kappa shape index (κ2) is 4.22. The Hall–Kier alpha value is -1.69. The van der Waals surface area contributed by atoms with Crippen molar-refractivity contribution in [2.75, 3.05) is 0 Å². The first kappa shape index (κ1) is 11.4. The summed E-state index contributed by atoms with van der Waals surface area (Å²) in [6.07, 6.45) is -0.573. The van der Waals surface area contributed by atoms with Crippen LogP contribution >= 0.6 is 11.6 Å². The number of hydrogen-bond donors (Lipinski definition) is 1. The van der Waals surface area contributed by atoms with Crippen molar-refractivity contribution in [1.82, 2.24) is 0 Å². The van der Waals surface area contributed by atoms with Crippen molar-refractivity contribution in [1.29, 1.82) is 0 Å². The zero-order valence-electron chi connectivity index (χ0n) is 7.24. The molecular formula is C8H5ClFNO4. The quantitative estimate of drug-likeness (QED) is 0.640. The van der Waals surface area contributed by atoms with Crippen LogP contribution in [0.25, 0.3) is 0 Å². The van der Waals surface area contributed by atoms with Gasteiger partial charge in [-0.1, -0.05) is 11.6 Å². The van der Waals surface area contributed by atoms with Gasteiger partial charge in [-0.3, -0.25) is 14.9 Å². The van der Waals surface area contributed by atoms with Gasteiger partial charge in [-0.15, -0.1) is 0 Å². The van der Waals surface area contributed by atoms with Crippen LogP contribution in [0.2, 0.25) is 5.02 Å². The van der Waals surface area contributed by atoms with Crippen molar-refractivity contribution in [3.63, 3.8) is 0 Å². The van der Waals surface area contributed by atoms with Gasteiger partial charge in [0, 0.05) is 5.56 Å². The first-order valence-corrected chi connectivity index (χ1v) is 4.13. The fraction of sp³-hybridized carbons (Fsp3) is 0.125. The van der Waals surface area contributed by atoms with Gasteiger partial charge in [0.05, 0.1) is 22.4 Å². The van der Waals surface area contributed by atoms with Crippen molar-refractivity contribution < 1.29 is 19.2 Å². The number of nitrogens with zero attached hydrogens (tertiary/aromatic N) is 1. The summed E-state index contributed by atoms with van der Waals surface area (Å²) in [5.41, 5.74) is -0.710. The molecule has 1 aromatic carbocycles. The fourth-order valence-corrected chi connectivity index (χ4v) is 1.24. The van der Waals surface area contributed by atoms with Crippen LogP contribution in [0.4, 0.5) is 10.1 Å². The van der Waals surface area contributed by atoms with Crippen LogP contribution < -0.4 is 0 Å². The molecule has 0 atom stereocenters. The van der Waals surface area contributed by atoms with Gasteiger partial charge in [0.1, 0.15) is 5.82 Å². The number of carbonyl (C=O) groups is 1. The van der Waals surface area contributed by atoms with Crippen LogP contribution in [-0.4, -0.2) is 16.0 Å². The molecule has 0 aliphatic carbocycles. The van der Waals surface area contributed by atoms with Gasteiger partial charge in [-0.25, -0.2) is 4.39 Å². The number of aliphatic carboxylic acids is 1. The lowest BCUT2D eigenvalue weighted by molar-refractivity contribution is -0.385. The topological polar surface area (TPSA) is 80.4 Å². The smallest absolute Gasteiger partial charge is 0.308 e. The van der Waals surface area contributed by atoms with E-state index in [1.165, 1.54) is 0 Å². The second-order valence-electron chi connectivity index (χ2n) is 2.72. The Bertz CT molecular complexity index is 435. The van der Waals surface area contributed by atoms with Gasteiger partial charge in [0.2, 0.25) is 0 Å². The molecule has 15 heavy (non-hydrogen) atoms. The normalized spacial score (nSPS) is 10.0. The van der Waals surface area contributed by atoms with Gasteiger partial charge in [0.15, 0.2) is 0 Å². The van der Waals surface area contributed by atoms with E-state index in [2.05, 4.69) is 0 Å². The Morgan fingerprint density at radius 1 is 1.60 bits per heavy atom. The van der Waals surface area contributed by atoms with E-state index >= 15 is 0 Å². The standard InChI is InChI=1S/C8H5ClFNO4/c9-5-1-4(2-8(12)13)7(11(14)15)3-6(5)10/h1,3H,2H2,(H,12,13). The summed E-state index contributed by atoms with van der Waals surface area (Å²) >= 11 is 5.38. The van der Waals surface area contributed by atoms with Crippen LogP contribution in [0.5, 0.6) is 0 Å². The molecular weight excluding hydrogens is 229 g/mol. The van der Waals surface area contributed by atoms with E-state index in [1.807, 2.05) is 0 Å². The Morgan fingerprint density at radius 2 is 2.20 bits per heavy atom. The predicted molar refractivity (Wildman–Crippen MR) is 49.4 cm³/mol.